The van der Waals surface area contributed by atoms with Crippen LogP contribution in [0.2, 0.25) is 5.15 Å². The first-order chi connectivity index (χ1) is 10.5. The molecule has 0 saturated carbocycles. The van der Waals surface area contributed by atoms with E-state index in [9.17, 15) is 4.79 Å². The number of ether oxygens (including phenoxy) is 1. The Morgan fingerprint density at radius 1 is 1.35 bits per heavy atom. The van der Waals surface area contributed by atoms with E-state index in [4.69, 9.17) is 25.6 Å². The van der Waals surface area contributed by atoms with Gasteiger partial charge >= 0.3 is 13.1 Å². The van der Waals surface area contributed by atoms with Crippen molar-refractivity contribution in [2.45, 2.75) is 58.1 Å². The van der Waals surface area contributed by atoms with Crippen molar-refractivity contribution in [1.82, 2.24) is 9.78 Å². The first kappa shape index (κ1) is 18.3. The smallest absolute Gasteiger partial charge is 0.466 e. The van der Waals surface area contributed by atoms with E-state index in [1.54, 1.807) is 11.7 Å². The van der Waals surface area contributed by atoms with Crippen LogP contribution in [0.1, 0.15) is 51.2 Å². The third-order valence-corrected chi connectivity index (χ3v) is 5.23. The molecule has 0 radical (unpaired) electrons. The number of nitrogens with zero attached hydrogens (tertiary/aromatic N) is 2. The Bertz CT molecular complexity index is 599. The quantitative estimate of drug-likeness (QED) is 0.622. The van der Waals surface area contributed by atoms with Crippen molar-refractivity contribution in [2.24, 2.45) is 7.05 Å². The Hall–Kier alpha value is -1.05. The maximum Gasteiger partial charge on any atom is 0.466 e. The first-order valence-electron chi connectivity index (χ1n) is 7.61. The highest BCUT2D eigenvalue weighted by molar-refractivity contribution is 6.48. The summed E-state index contributed by atoms with van der Waals surface area (Å²) in [6.45, 7) is 9.75. The molecule has 1 aliphatic heterocycles. The van der Waals surface area contributed by atoms with Crippen LogP contribution in [0, 0.1) is 6.92 Å². The molecule has 1 aromatic heterocycles. The molecule has 1 unspecified atom stereocenters. The van der Waals surface area contributed by atoms with Gasteiger partial charge in [0.1, 0.15) is 5.15 Å². The van der Waals surface area contributed by atoms with Crippen LogP contribution in [0.3, 0.4) is 0 Å². The van der Waals surface area contributed by atoms with Gasteiger partial charge in [0.05, 0.1) is 30.4 Å². The van der Waals surface area contributed by atoms with Gasteiger partial charge in [0.15, 0.2) is 0 Å². The summed E-state index contributed by atoms with van der Waals surface area (Å²) in [7, 11) is 2.53. The third kappa shape index (κ3) is 3.27. The number of methoxy groups -OCH3 is 1. The van der Waals surface area contributed by atoms with Crippen molar-refractivity contribution in [3.05, 3.63) is 16.4 Å². The molecule has 128 valence electrons. The summed E-state index contributed by atoms with van der Waals surface area (Å²) in [4.78, 5) is 11.9. The first-order valence-corrected chi connectivity index (χ1v) is 7.99. The summed E-state index contributed by atoms with van der Waals surface area (Å²) in [5, 5.41) is 4.81. The van der Waals surface area contributed by atoms with Gasteiger partial charge in [-0.15, -0.1) is 0 Å². The Morgan fingerprint density at radius 2 is 1.87 bits per heavy atom. The standard InChI is InChI=1S/C15H24BClN2O4/c1-9-12(13(17)19(6)18-9)10(8-11(20)21-7)16-22-14(2,3)15(4,5)23-16/h10H,8H2,1-7H3. The SMILES string of the molecule is COC(=O)CC(B1OC(C)(C)C(C)(C)O1)c1c(C)nn(C)c1Cl. The highest BCUT2D eigenvalue weighted by Gasteiger charge is 2.55. The fraction of sp³-hybridized carbons (Fsp3) is 0.733. The van der Waals surface area contributed by atoms with E-state index in [2.05, 4.69) is 5.10 Å². The molecular weight excluding hydrogens is 318 g/mol. The van der Waals surface area contributed by atoms with Gasteiger partial charge in [-0.1, -0.05) is 11.6 Å². The van der Waals surface area contributed by atoms with Gasteiger partial charge in [-0.2, -0.15) is 5.10 Å². The predicted molar refractivity (Wildman–Crippen MR) is 88.4 cm³/mol. The Kier molecular flexibility index (Phi) is 4.86. The second kappa shape index (κ2) is 6.11. The van der Waals surface area contributed by atoms with Crippen LogP contribution in [0.25, 0.3) is 0 Å². The van der Waals surface area contributed by atoms with Gasteiger partial charge in [-0.25, -0.2) is 0 Å². The molecule has 1 atom stereocenters. The number of hydrogen-bond acceptors (Lipinski definition) is 5. The molecular formula is C15H24BClN2O4. The summed E-state index contributed by atoms with van der Waals surface area (Å²) >= 11 is 6.39. The molecule has 0 N–H and O–H groups in total. The summed E-state index contributed by atoms with van der Waals surface area (Å²) in [5.41, 5.74) is 0.530. The van der Waals surface area contributed by atoms with Crippen molar-refractivity contribution >= 4 is 24.7 Å². The van der Waals surface area contributed by atoms with Crippen LogP contribution >= 0.6 is 11.6 Å². The molecule has 2 heterocycles. The lowest BCUT2D eigenvalue weighted by molar-refractivity contribution is -0.140. The molecule has 1 fully saturated rings. The van der Waals surface area contributed by atoms with E-state index in [0.717, 1.165) is 11.3 Å². The lowest BCUT2D eigenvalue weighted by Gasteiger charge is -2.32. The Morgan fingerprint density at radius 3 is 2.26 bits per heavy atom. The normalized spacial score (nSPS) is 20.6. The molecule has 6 nitrogen and oxygen atoms in total. The van der Waals surface area contributed by atoms with Crippen molar-refractivity contribution in [2.75, 3.05) is 7.11 Å². The Balaban J connectivity index is 2.42. The zero-order chi connectivity index (χ0) is 17.6. The van der Waals surface area contributed by atoms with Crippen LogP contribution in [0.4, 0.5) is 0 Å². The summed E-state index contributed by atoms with van der Waals surface area (Å²) in [6, 6.07) is 0. The minimum Gasteiger partial charge on any atom is -0.469 e. The average molecular weight is 343 g/mol. The number of hydrogen-bond donors (Lipinski definition) is 0. The second-order valence-electron chi connectivity index (χ2n) is 6.92. The maximum absolute atomic E-state index is 11.9. The molecule has 0 aliphatic carbocycles. The second-order valence-corrected chi connectivity index (χ2v) is 7.28. The summed E-state index contributed by atoms with van der Waals surface area (Å²) < 4.78 is 18.7. The third-order valence-electron chi connectivity index (χ3n) is 4.78. The highest BCUT2D eigenvalue weighted by Crippen LogP contribution is 2.43. The monoisotopic (exact) mass is 342 g/mol. The zero-order valence-corrected chi connectivity index (χ0v) is 15.5. The van der Waals surface area contributed by atoms with E-state index in [0.29, 0.717) is 5.15 Å². The minimum absolute atomic E-state index is 0.111. The highest BCUT2D eigenvalue weighted by atomic mass is 35.5. The van der Waals surface area contributed by atoms with Crippen molar-refractivity contribution in [3.8, 4) is 0 Å². The predicted octanol–water partition coefficient (Wildman–Crippen LogP) is 2.66. The van der Waals surface area contributed by atoms with Crippen LogP contribution < -0.4 is 0 Å². The molecule has 0 aromatic carbocycles. The molecule has 2 rings (SSSR count). The molecule has 1 saturated heterocycles. The Labute approximate surface area is 142 Å². The number of carbonyl (C=O) groups is 1. The van der Waals surface area contributed by atoms with Crippen LogP contribution in [0.5, 0.6) is 0 Å². The van der Waals surface area contributed by atoms with E-state index in [1.807, 2.05) is 34.6 Å². The largest absolute Gasteiger partial charge is 0.469 e. The molecule has 0 amide bonds. The fourth-order valence-electron chi connectivity index (χ4n) is 2.72. The van der Waals surface area contributed by atoms with Gasteiger partial charge in [0.2, 0.25) is 0 Å². The number of halogens is 1. The number of aromatic nitrogens is 2. The van der Waals surface area contributed by atoms with E-state index in [1.165, 1.54) is 7.11 Å². The van der Waals surface area contributed by atoms with Crippen LogP contribution in [-0.4, -0.2) is 41.2 Å². The van der Waals surface area contributed by atoms with Gasteiger partial charge in [0.25, 0.3) is 0 Å². The van der Waals surface area contributed by atoms with Gasteiger partial charge in [-0.05, 0) is 34.6 Å². The molecule has 0 spiro atoms. The number of rotatable bonds is 4. The van der Waals surface area contributed by atoms with E-state index >= 15 is 0 Å². The van der Waals surface area contributed by atoms with Gasteiger partial charge in [0, 0.05) is 18.4 Å². The topological polar surface area (TPSA) is 62.6 Å². The van der Waals surface area contributed by atoms with Crippen molar-refractivity contribution < 1.29 is 18.8 Å². The lowest BCUT2D eigenvalue weighted by Crippen LogP contribution is -2.41. The lowest BCUT2D eigenvalue weighted by atomic mass is 9.66. The van der Waals surface area contributed by atoms with Crippen LogP contribution in [0.15, 0.2) is 0 Å². The maximum atomic E-state index is 11.9. The van der Waals surface area contributed by atoms with Crippen molar-refractivity contribution in [3.63, 3.8) is 0 Å². The molecule has 1 aromatic rings. The minimum atomic E-state index is -0.598. The van der Waals surface area contributed by atoms with Crippen LogP contribution in [-0.2, 0) is 25.9 Å². The van der Waals surface area contributed by atoms with Crippen molar-refractivity contribution in [1.29, 1.82) is 0 Å². The summed E-state index contributed by atoms with van der Waals surface area (Å²) in [5.74, 6) is -0.728. The van der Waals surface area contributed by atoms with Gasteiger partial charge < -0.3 is 14.0 Å². The number of aryl methyl sites for hydroxylation is 2. The van der Waals surface area contributed by atoms with E-state index in [-0.39, 0.29) is 18.2 Å². The van der Waals surface area contributed by atoms with Gasteiger partial charge in [-0.3, -0.25) is 9.48 Å². The average Bonchev–Trinajstić information content (AvgIpc) is 2.80. The molecule has 1 aliphatic rings. The molecule has 8 heteroatoms. The molecule has 23 heavy (non-hydrogen) atoms. The fourth-order valence-corrected chi connectivity index (χ4v) is 3.03. The summed E-state index contributed by atoms with van der Waals surface area (Å²) in [6.07, 6.45) is 0.111. The number of esters is 1. The number of carbonyl (C=O) groups excluding carboxylic acids is 1. The van der Waals surface area contributed by atoms with E-state index < -0.39 is 18.3 Å². The molecule has 0 bridgehead atoms. The zero-order valence-electron chi connectivity index (χ0n) is 14.8.